The molecule has 0 spiro atoms. The lowest BCUT2D eigenvalue weighted by Crippen LogP contribution is -2.15. The van der Waals surface area contributed by atoms with Gasteiger partial charge in [0.1, 0.15) is 11.3 Å². The molecule has 2 aromatic carbocycles. The molecule has 0 aromatic heterocycles. The van der Waals surface area contributed by atoms with Crippen molar-refractivity contribution in [1.29, 1.82) is 0 Å². The molecule has 1 fully saturated rings. The Hall–Kier alpha value is -2.62. The van der Waals surface area contributed by atoms with E-state index in [-0.39, 0.29) is 12.4 Å². The Bertz CT molecular complexity index is 758. The molecule has 0 atom stereocenters. The second kappa shape index (κ2) is 8.65. The largest absolute Gasteiger partial charge is 0.496 e. The minimum Gasteiger partial charge on any atom is -0.496 e. The van der Waals surface area contributed by atoms with Gasteiger partial charge in [0.05, 0.1) is 7.11 Å². The molecular formula is C22H24O4. The van der Waals surface area contributed by atoms with Crippen molar-refractivity contribution in [2.24, 2.45) is 0 Å². The van der Waals surface area contributed by atoms with Crippen LogP contribution in [-0.4, -0.2) is 25.5 Å². The Morgan fingerprint density at radius 1 is 0.962 bits per heavy atom. The number of rotatable bonds is 6. The summed E-state index contributed by atoms with van der Waals surface area (Å²) in [6.07, 6.45) is 6.34. The molecule has 0 radical (unpaired) electrons. The van der Waals surface area contributed by atoms with Crippen molar-refractivity contribution in [3.05, 3.63) is 65.2 Å². The third-order valence-corrected chi connectivity index (χ3v) is 4.97. The number of carbonyl (C=O) groups is 2. The number of hydrogen-bond donors (Lipinski definition) is 0. The number of methoxy groups -OCH3 is 1. The minimum absolute atomic E-state index is 0.205. The van der Waals surface area contributed by atoms with E-state index in [1.807, 2.05) is 24.3 Å². The molecule has 3 rings (SSSR count). The number of Topliss-reactive ketones (excluding diaryl/α,β-unsaturated/α-hetero) is 1. The van der Waals surface area contributed by atoms with Crippen LogP contribution < -0.4 is 4.74 Å². The molecule has 4 heteroatoms. The van der Waals surface area contributed by atoms with Gasteiger partial charge in [-0.15, -0.1) is 0 Å². The lowest BCUT2D eigenvalue weighted by molar-refractivity contribution is 0.0471. The summed E-state index contributed by atoms with van der Waals surface area (Å²) in [5.74, 6) is 0.274. The highest BCUT2D eigenvalue weighted by atomic mass is 16.5. The van der Waals surface area contributed by atoms with E-state index in [0.717, 1.165) is 0 Å². The molecule has 0 amide bonds. The highest BCUT2D eigenvalue weighted by molar-refractivity contribution is 6.00. The molecule has 0 N–H and O–H groups in total. The Morgan fingerprint density at radius 3 is 2.35 bits per heavy atom. The van der Waals surface area contributed by atoms with Gasteiger partial charge in [-0.1, -0.05) is 55.7 Å². The van der Waals surface area contributed by atoms with Crippen LogP contribution in [0.25, 0.3) is 0 Å². The van der Waals surface area contributed by atoms with Crippen LogP contribution in [0.5, 0.6) is 5.75 Å². The van der Waals surface area contributed by atoms with Gasteiger partial charge in [0.2, 0.25) is 0 Å². The van der Waals surface area contributed by atoms with Crippen molar-refractivity contribution in [2.75, 3.05) is 13.7 Å². The van der Waals surface area contributed by atoms with Crippen molar-refractivity contribution < 1.29 is 19.1 Å². The molecule has 2 aromatic rings. The minimum atomic E-state index is -0.561. The standard InChI is InChI=1S/C22H24O4/c1-25-21-10-6-5-9-19(21)22(24)26-15-20(23)18-13-11-17(12-14-18)16-7-3-2-4-8-16/h5-6,9-14,16H,2-4,7-8,15H2,1H3. The zero-order valence-corrected chi connectivity index (χ0v) is 15.1. The maximum Gasteiger partial charge on any atom is 0.342 e. The summed E-state index contributed by atoms with van der Waals surface area (Å²) in [6.45, 7) is -0.278. The molecule has 4 nitrogen and oxygen atoms in total. The molecule has 26 heavy (non-hydrogen) atoms. The molecular weight excluding hydrogens is 328 g/mol. The monoisotopic (exact) mass is 352 g/mol. The molecule has 1 aliphatic carbocycles. The van der Waals surface area contributed by atoms with E-state index in [2.05, 4.69) is 0 Å². The quantitative estimate of drug-likeness (QED) is 0.554. The van der Waals surface area contributed by atoms with Crippen molar-refractivity contribution in [3.63, 3.8) is 0 Å². The van der Waals surface area contributed by atoms with Crippen LogP contribution in [0.15, 0.2) is 48.5 Å². The van der Waals surface area contributed by atoms with Crippen LogP contribution >= 0.6 is 0 Å². The summed E-state index contributed by atoms with van der Waals surface area (Å²) in [4.78, 5) is 24.5. The lowest BCUT2D eigenvalue weighted by Gasteiger charge is -2.22. The number of esters is 1. The summed E-state index contributed by atoms with van der Waals surface area (Å²) < 4.78 is 10.3. The summed E-state index contributed by atoms with van der Waals surface area (Å²) in [5.41, 5.74) is 2.18. The second-order valence-corrected chi connectivity index (χ2v) is 6.66. The normalized spacial score (nSPS) is 14.7. The Morgan fingerprint density at radius 2 is 1.65 bits per heavy atom. The SMILES string of the molecule is COc1ccccc1C(=O)OCC(=O)c1ccc(C2CCCCC2)cc1. The first kappa shape index (κ1) is 18.2. The van der Waals surface area contributed by atoms with Gasteiger partial charge in [-0.2, -0.15) is 0 Å². The molecule has 0 bridgehead atoms. The Kier molecular flexibility index (Phi) is 6.05. The third-order valence-electron chi connectivity index (χ3n) is 4.97. The smallest absolute Gasteiger partial charge is 0.342 e. The third kappa shape index (κ3) is 4.31. The van der Waals surface area contributed by atoms with Gasteiger partial charge in [-0.25, -0.2) is 4.79 Å². The predicted molar refractivity (Wildman–Crippen MR) is 99.9 cm³/mol. The number of para-hydroxylation sites is 1. The summed E-state index contributed by atoms with van der Waals surface area (Å²) in [7, 11) is 1.49. The van der Waals surface area contributed by atoms with E-state index in [1.165, 1.54) is 44.8 Å². The maximum absolute atomic E-state index is 12.3. The molecule has 0 unspecified atom stereocenters. The maximum atomic E-state index is 12.3. The second-order valence-electron chi connectivity index (χ2n) is 6.66. The van der Waals surface area contributed by atoms with Crippen LogP contribution in [0.3, 0.4) is 0 Å². The molecule has 0 heterocycles. The lowest BCUT2D eigenvalue weighted by atomic mass is 9.84. The van der Waals surface area contributed by atoms with Crippen molar-refractivity contribution in [2.45, 2.75) is 38.0 Å². The van der Waals surface area contributed by atoms with E-state index in [1.54, 1.807) is 24.3 Å². The molecule has 0 saturated heterocycles. The summed E-state index contributed by atoms with van der Waals surface area (Å²) in [6, 6.07) is 14.5. The zero-order valence-electron chi connectivity index (χ0n) is 15.1. The molecule has 1 aliphatic rings. The first-order valence-electron chi connectivity index (χ1n) is 9.12. The van der Waals surface area contributed by atoms with E-state index in [9.17, 15) is 9.59 Å². The van der Waals surface area contributed by atoms with Gasteiger partial charge >= 0.3 is 5.97 Å². The average molecular weight is 352 g/mol. The summed E-state index contributed by atoms with van der Waals surface area (Å²) in [5, 5.41) is 0. The summed E-state index contributed by atoms with van der Waals surface area (Å²) >= 11 is 0. The van der Waals surface area contributed by atoms with Gasteiger partial charge < -0.3 is 9.47 Å². The topological polar surface area (TPSA) is 52.6 Å². The fraction of sp³-hybridized carbons (Fsp3) is 0.364. The number of benzene rings is 2. The average Bonchev–Trinajstić information content (AvgIpc) is 2.72. The fourth-order valence-corrected chi connectivity index (χ4v) is 3.48. The Balaban J connectivity index is 1.58. The first-order valence-corrected chi connectivity index (χ1v) is 9.12. The van der Waals surface area contributed by atoms with Crippen LogP contribution in [0.4, 0.5) is 0 Å². The highest BCUT2D eigenvalue weighted by Crippen LogP contribution is 2.32. The van der Waals surface area contributed by atoms with Crippen molar-refractivity contribution in [3.8, 4) is 5.75 Å². The van der Waals surface area contributed by atoms with Crippen LogP contribution in [0, 0.1) is 0 Å². The van der Waals surface area contributed by atoms with Gasteiger partial charge in [0, 0.05) is 5.56 Å². The molecule has 136 valence electrons. The number of carbonyl (C=O) groups excluding carboxylic acids is 2. The predicted octanol–water partition coefficient (Wildman–Crippen LogP) is 4.78. The van der Waals surface area contributed by atoms with Crippen LogP contribution in [0.2, 0.25) is 0 Å². The van der Waals surface area contributed by atoms with Crippen LogP contribution in [-0.2, 0) is 4.74 Å². The van der Waals surface area contributed by atoms with Gasteiger partial charge in [-0.3, -0.25) is 4.79 Å². The van der Waals surface area contributed by atoms with E-state index < -0.39 is 5.97 Å². The molecule has 1 saturated carbocycles. The fourth-order valence-electron chi connectivity index (χ4n) is 3.48. The van der Waals surface area contributed by atoms with E-state index >= 15 is 0 Å². The number of hydrogen-bond acceptors (Lipinski definition) is 4. The number of ether oxygens (including phenoxy) is 2. The van der Waals surface area contributed by atoms with Crippen molar-refractivity contribution in [1.82, 2.24) is 0 Å². The van der Waals surface area contributed by atoms with E-state index in [0.29, 0.717) is 22.8 Å². The van der Waals surface area contributed by atoms with Gasteiger partial charge in [0.25, 0.3) is 0 Å². The van der Waals surface area contributed by atoms with Gasteiger partial charge in [0.15, 0.2) is 12.4 Å². The van der Waals surface area contributed by atoms with Gasteiger partial charge in [-0.05, 0) is 36.5 Å². The molecule has 0 aliphatic heterocycles. The van der Waals surface area contributed by atoms with Crippen LogP contribution in [0.1, 0.15) is 64.3 Å². The van der Waals surface area contributed by atoms with Crippen molar-refractivity contribution >= 4 is 11.8 Å². The highest BCUT2D eigenvalue weighted by Gasteiger charge is 2.17. The Labute approximate surface area is 154 Å². The first-order chi connectivity index (χ1) is 12.7. The number of ketones is 1. The zero-order chi connectivity index (χ0) is 18.4. The van der Waals surface area contributed by atoms with E-state index in [4.69, 9.17) is 9.47 Å².